The molecule has 1 amide bonds. The monoisotopic (exact) mass is 420 g/mol. The first kappa shape index (κ1) is 21.3. The van der Waals surface area contributed by atoms with Gasteiger partial charge in [-0.2, -0.15) is 0 Å². The predicted molar refractivity (Wildman–Crippen MR) is 123 cm³/mol. The molecule has 154 valence electrons. The highest BCUT2D eigenvalue weighted by Crippen LogP contribution is 2.27. The average Bonchev–Trinajstić information content (AvgIpc) is 3.12. The van der Waals surface area contributed by atoms with E-state index in [4.69, 9.17) is 0 Å². The van der Waals surface area contributed by atoms with Crippen molar-refractivity contribution in [3.8, 4) is 0 Å². The molecule has 0 aliphatic carbocycles. The van der Waals surface area contributed by atoms with Gasteiger partial charge in [0.25, 0.3) is 5.91 Å². The Morgan fingerprint density at radius 2 is 2.23 bits per heavy atom. The van der Waals surface area contributed by atoms with Gasteiger partial charge in [-0.3, -0.25) is 14.8 Å². The predicted octanol–water partition coefficient (Wildman–Crippen LogP) is 4.29. The Morgan fingerprint density at radius 3 is 2.93 bits per heavy atom. The summed E-state index contributed by atoms with van der Waals surface area (Å²) in [5.74, 6) is 0.115. The topological polar surface area (TPSA) is 92.2 Å². The number of nitrogens with zero attached hydrogens (tertiary/aromatic N) is 4. The molecule has 0 bridgehead atoms. The fourth-order valence-electron chi connectivity index (χ4n) is 2.83. The molecule has 0 unspecified atom stereocenters. The molecule has 3 heterocycles. The highest BCUT2D eigenvalue weighted by Gasteiger charge is 2.18. The molecular weight excluding hydrogens is 396 g/mol. The molecule has 0 saturated heterocycles. The van der Waals surface area contributed by atoms with Gasteiger partial charge in [-0.1, -0.05) is 18.2 Å². The molecular formula is C22H24N6OS. The summed E-state index contributed by atoms with van der Waals surface area (Å²) in [6.07, 6.45) is 9.11. The van der Waals surface area contributed by atoms with E-state index in [1.807, 2.05) is 57.2 Å². The number of hydrogen-bond donors (Lipinski definition) is 2. The Bertz CT molecular complexity index is 1100. The molecule has 0 fully saturated rings. The fraction of sp³-hybridized carbons (Fsp3) is 0.227. The molecule has 7 nitrogen and oxygen atoms in total. The third kappa shape index (κ3) is 5.15. The van der Waals surface area contributed by atoms with Crippen LogP contribution in [0.4, 0.5) is 5.95 Å². The van der Waals surface area contributed by atoms with E-state index in [1.54, 1.807) is 12.4 Å². The lowest BCUT2D eigenvalue weighted by Crippen LogP contribution is -2.25. The zero-order chi connectivity index (χ0) is 21.5. The summed E-state index contributed by atoms with van der Waals surface area (Å²) in [5, 5.41) is 6.15. The van der Waals surface area contributed by atoms with Crippen LogP contribution in [0.25, 0.3) is 10.2 Å². The van der Waals surface area contributed by atoms with Crippen LogP contribution in [0.5, 0.6) is 0 Å². The van der Waals surface area contributed by atoms with Crippen molar-refractivity contribution in [3.63, 3.8) is 0 Å². The summed E-state index contributed by atoms with van der Waals surface area (Å²) >= 11 is 1.50. The van der Waals surface area contributed by atoms with Crippen molar-refractivity contribution >= 4 is 40.1 Å². The number of carbonyl (C=O) groups excluding carboxylic acids is 1. The van der Waals surface area contributed by atoms with Crippen molar-refractivity contribution in [2.45, 2.75) is 33.4 Å². The minimum absolute atomic E-state index is 0.179. The van der Waals surface area contributed by atoms with Crippen LogP contribution in [0.3, 0.4) is 0 Å². The van der Waals surface area contributed by atoms with Gasteiger partial charge in [-0.25, -0.2) is 9.97 Å². The van der Waals surface area contributed by atoms with E-state index >= 15 is 0 Å². The van der Waals surface area contributed by atoms with Crippen LogP contribution in [0.2, 0.25) is 0 Å². The molecule has 3 aromatic rings. The third-order valence-corrected chi connectivity index (χ3v) is 5.36. The average molecular weight is 421 g/mol. The Balaban J connectivity index is 1.88. The van der Waals surface area contributed by atoms with Gasteiger partial charge >= 0.3 is 0 Å². The normalized spacial score (nSPS) is 12.8. The molecule has 1 atom stereocenters. The molecule has 3 aromatic heterocycles. The number of anilines is 1. The molecule has 8 heteroatoms. The fourth-order valence-corrected chi connectivity index (χ4v) is 3.77. The molecule has 0 radical (unpaired) electrons. The van der Waals surface area contributed by atoms with Gasteiger partial charge in [0.2, 0.25) is 5.95 Å². The van der Waals surface area contributed by atoms with Crippen LogP contribution in [0.15, 0.2) is 59.5 Å². The Morgan fingerprint density at radius 1 is 1.40 bits per heavy atom. The van der Waals surface area contributed by atoms with Crippen LogP contribution < -0.4 is 10.6 Å². The molecule has 2 N–H and O–H groups in total. The zero-order valence-electron chi connectivity index (χ0n) is 17.2. The van der Waals surface area contributed by atoms with Crippen molar-refractivity contribution < 1.29 is 4.79 Å². The van der Waals surface area contributed by atoms with Gasteiger partial charge in [-0.15, -0.1) is 11.3 Å². The van der Waals surface area contributed by atoms with Crippen LogP contribution in [-0.4, -0.2) is 33.6 Å². The number of carbonyl (C=O) groups is 1. The number of aliphatic imine (C=N–C) groups is 1. The van der Waals surface area contributed by atoms with Gasteiger partial charge in [0.1, 0.15) is 0 Å². The summed E-state index contributed by atoms with van der Waals surface area (Å²) in [6.45, 7) is 9.86. The van der Waals surface area contributed by atoms with E-state index in [2.05, 4.69) is 37.3 Å². The second-order valence-electron chi connectivity index (χ2n) is 6.65. The number of pyridine rings is 1. The summed E-state index contributed by atoms with van der Waals surface area (Å²) in [7, 11) is 0. The van der Waals surface area contributed by atoms with E-state index in [0.717, 1.165) is 26.4 Å². The van der Waals surface area contributed by atoms with Gasteiger partial charge in [0.05, 0.1) is 22.0 Å². The van der Waals surface area contributed by atoms with Crippen molar-refractivity contribution in [2.24, 2.45) is 4.99 Å². The first-order valence-electron chi connectivity index (χ1n) is 9.53. The van der Waals surface area contributed by atoms with Crippen LogP contribution in [0.1, 0.15) is 34.8 Å². The van der Waals surface area contributed by atoms with Crippen molar-refractivity contribution in [3.05, 3.63) is 70.7 Å². The minimum atomic E-state index is -0.254. The number of allylic oxidation sites excluding steroid dienone is 3. The first-order chi connectivity index (χ1) is 14.5. The standard InChI is InChI=1S/C22H24N6OS/c1-5-6-9-17(23-4)15(3)26-22-27-18-11-14(2)30-20(18)19(28-22)21(29)25-13-16-8-7-10-24-12-16/h5-12,15H,4,13H2,1-3H3,(H,25,29)(H,26,27,28)/b6-5-,17-9-/t15-/m0/s1. The number of amides is 1. The number of rotatable bonds is 8. The van der Waals surface area contributed by atoms with Gasteiger partial charge in [-0.05, 0) is 51.3 Å². The number of hydrogen-bond acceptors (Lipinski definition) is 7. The number of nitrogens with one attached hydrogen (secondary N) is 2. The number of fused-ring (bicyclic) bond motifs is 1. The lowest BCUT2D eigenvalue weighted by atomic mass is 10.2. The van der Waals surface area contributed by atoms with Gasteiger partial charge < -0.3 is 10.6 Å². The highest BCUT2D eigenvalue weighted by atomic mass is 32.1. The minimum Gasteiger partial charge on any atom is -0.347 e. The second kappa shape index (κ2) is 9.89. The van der Waals surface area contributed by atoms with Crippen LogP contribution in [0, 0.1) is 6.92 Å². The lowest BCUT2D eigenvalue weighted by molar-refractivity contribution is 0.0948. The molecule has 3 rings (SSSR count). The smallest absolute Gasteiger partial charge is 0.271 e. The maximum atomic E-state index is 12.9. The van der Waals surface area contributed by atoms with E-state index < -0.39 is 0 Å². The lowest BCUT2D eigenvalue weighted by Gasteiger charge is -2.15. The Labute approximate surface area is 179 Å². The van der Waals surface area contributed by atoms with Crippen LogP contribution >= 0.6 is 11.3 Å². The van der Waals surface area contributed by atoms with Gasteiger partial charge in [0.15, 0.2) is 5.69 Å². The zero-order valence-corrected chi connectivity index (χ0v) is 18.0. The van der Waals surface area contributed by atoms with E-state index in [0.29, 0.717) is 18.2 Å². The summed E-state index contributed by atoms with van der Waals surface area (Å²) < 4.78 is 0.765. The maximum Gasteiger partial charge on any atom is 0.271 e. The highest BCUT2D eigenvalue weighted by molar-refractivity contribution is 7.19. The summed E-state index contributed by atoms with van der Waals surface area (Å²) in [5.41, 5.74) is 2.75. The number of aryl methyl sites for hydroxylation is 1. The molecule has 0 aromatic carbocycles. The van der Waals surface area contributed by atoms with E-state index in [9.17, 15) is 4.79 Å². The van der Waals surface area contributed by atoms with Crippen molar-refractivity contribution in [1.29, 1.82) is 0 Å². The molecule has 0 aliphatic rings. The third-order valence-electron chi connectivity index (χ3n) is 4.32. The Hall–Kier alpha value is -3.39. The summed E-state index contributed by atoms with van der Waals surface area (Å²) in [6, 6.07) is 5.52. The number of thiophene rings is 1. The second-order valence-corrected chi connectivity index (χ2v) is 7.91. The van der Waals surface area contributed by atoms with E-state index in [-0.39, 0.29) is 11.9 Å². The quantitative estimate of drug-likeness (QED) is 0.419. The molecule has 0 aliphatic heterocycles. The van der Waals surface area contributed by atoms with Gasteiger partial charge in [0, 0.05) is 23.8 Å². The van der Waals surface area contributed by atoms with Crippen molar-refractivity contribution in [1.82, 2.24) is 20.3 Å². The van der Waals surface area contributed by atoms with E-state index in [1.165, 1.54) is 11.3 Å². The maximum absolute atomic E-state index is 12.9. The molecule has 30 heavy (non-hydrogen) atoms. The summed E-state index contributed by atoms with van der Waals surface area (Å²) in [4.78, 5) is 31.2. The largest absolute Gasteiger partial charge is 0.347 e. The van der Waals surface area contributed by atoms with Crippen molar-refractivity contribution in [2.75, 3.05) is 5.32 Å². The number of aromatic nitrogens is 3. The van der Waals surface area contributed by atoms with Crippen LogP contribution in [-0.2, 0) is 6.54 Å². The molecule has 0 spiro atoms. The first-order valence-corrected chi connectivity index (χ1v) is 10.3. The SMILES string of the molecule is C=N/C(=C\C=C/C)[C@H](C)Nc1nc(C(=O)NCc2cccnc2)c2sc(C)cc2n1. The molecule has 0 saturated carbocycles. The Kier molecular flexibility index (Phi) is 7.03.